The van der Waals surface area contributed by atoms with Crippen molar-refractivity contribution >= 4 is 23.2 Å². The summed E-state index contributed by atoms with van der Waals surface area (Å²) in [5.41, 5.74) is 0. The first-order chi connectivity index (χ1) is 8.34. The normalized spacial score (nSPS) is 14.5. The summed E-state index contributed by atoms with van der Waals surface area (Å²) in [6.07, 6.45) is 9.17. The van der Waals surface area contributed by atoms with Gasteiger partial charge in [-0.1, -0.05) is 73.1 Å². The van der Waals surface area contributed by atoms with Crippen LogP contribution in [0.1, 0.15) is 79.6 Å². The van der Waals surface area contributed by atoms with Crippen molar-refractivity contribution in [1.29, 1.82) is 0 Å². The van der Waals surface area contributed by atoms with Crippen molar-refractivity contribution in [3.05, 3.63) is 0 Å². The van der Waals surface area contributed by atoms with E-state index in [2.05, 4.69) is 34.6 Å². The summed E-state index contributed by atoms with van der Waals surface area (Å²) in [7, 11) is 0. The van der Waals surface area contributed by atoms with E-state index in [9.17, 15) is 0 Å². The molecule has 1 atom stereocenters. The quantitative estimate of drug-likeness (QED) is 0.306. The van der Waals surface area contributed by atoms with Crippen molar-refractivity contribution in [2.75, 3.05) is 0 Å². The van der Waals surface area contributed by atoms with Gasteiger partial charge >= 0.3 is 0 Å². The van der Waals surface area contributed by atoms with Gasteiger partial charge in [-0.15, -0.1) is 23.2 Å². The summed E-state index contributed by atoms with van der Waals surface area (Å²) in [4.78, 5) is 0. The maximum absolute atomic E-state index is 6.56. The number of hydrogen-bond donors (Lipinski definition) is 0. The van der Waals surface area contributed by atoms with Gasteiger partial charge in [0.25, 0.3) is 0 Å². The predicted molar refractivity (Wildman–Crippen MR) is 85.6 cm³/mol. The Kier molecular flexibility index (Phi) is 9.78. The van der Waals surface area contributed by atoms with Crippen molar-refractivity contribution in [3.63, 3.8) is 0 Å². The molecule has 0 N–H and O–H groups in total. The second kappa shape index (κ2) is 9.48. The highest BCUT2D eigenvalue weighted by Crippen LogP contribution is 2.44. The molecule has 0 saturated carbocycles. The van der Waals surface area contributed by atoms with E-state index in [1.54, 1.807) is 0 Å². The van der Waals surface area contributed by atoms with Crippen molar-refractivity contribution in [2.45, 2.75) is 83.9 Å². The largest absolute Gasteiger partial charge is 0.123 e. The lowest BCUT2D eigenvalue weighted by molar-refractivity contribution is 0.269. The summed E-state index contributed by atoms with van der Waals surface area (Å²) < 4.78 is -0.572. The molecule has 0 amide bonds. The van der Waals surface area contributed by atoms with Crippen LogP contribution >= 0.6 is 23.2 Å². The lowest BCUT2D eigenvalue weighted by atomic mass is 9.82. The van der Waals surface area contributed by atoms with Crippen molar-refractivity contribution < 1.29 is 0 Å². The van der Waals surface area contributed by atoms with Crippen LogP contribution in [0.25, 0.3) is 0 Å². The molecular weight excluding hydrogens is 263 g/mol. The van der Waals surface area contributed by atoms with Gasteiger partial charge in [0, 0.05) is 0 Å². The third-order valence-electron chi connectivity index (χ3n) is 3.94. The summed E-state index contributed by atoms with van der Waals surface area (Å²) in [6.45, 7) is 11.0. The summed E-state index contributed by atoms with van der Waals surface area (Å²) in [5.74, 6) is 1.28. The molecule has 0 nitrogen and oxygen atoms in total. The first kappa shape index (κ1) is 18.6. The summed E-state index contributed by atoms with van der Waals surface area (Å²) in [5, 5.41) is 0. The minimum absolute atomic E-state index is 0.313. The molecular formula is C16H32Cl2. The Morgan fingerprint density at radius 2 is 1.33 bits per heavy atom. The van der Waals surface area contributed by atoms with E-state index in [-0.39, 0.29) is 0 Å². The molecule has 0 fully saturated rings. The molecule has 2 heteroatoms. The van der Waals surface area contributed by atoms with Crippen LogP contribution in [0.5, 0.6) is 0 Å². The fraction of sp³-hybridized carbons (Fsp3) is 1.00. The Bertz CT molecular complexity index is 197. The van der Waals surface area contributed by atoms with Gasteiger partial charge in [-0.05, 0) is 24.2 Å². The Morgan fingerprint density at radius 1 is 0.833 bits per heavy atom. The first-order valence-corrected chi connectivity index (χ1v) is 8.47. The Labute approximate surface area is 125 Å². The molecule has 0 bridgehead atoms. The van der Waals surface area contributed by atoms with E-state index < -0.39 is 4.33 Å². The molecule has 0 aromatic carbocycles. The fourth-order valence-electron chi connectivity index (χ4n) is 2.54. The second-order valence-electron chi connectivity index (χ2n) is 6.24. The van der Waals surface area contributed by atoms with Gasteiger partial charge in [-0.2, -0.15) is 0 Å². The molecule has 0 aromatic rings. The fourth-order valence-corrected chi connectivity index (χ4v) is 3.27. The minimum atomic E-state index is -0.572. The topological polar surface area (TPSA) is 0 Å². The van der Waals surface area contributed by atoms with E-state index in [1.165, 1.54) is 38.5 Å². The average Bonchev–Trinajstić information content (AvgIpc) is 2.26. The van der Waals surface area contributed by atoms with Crippen molar-refractivity contribution in [1.82, 2.24) is 0 Å². The van der Waals surface area contributed by atoms with Crippen molar-refractivity contribution in [2.24, 2.45) is 17.8 Å². The number of halogens is 2. The van der Waals surface area contributed by atoms with Crippen LogP contribution in [0, 0.1) is 17.8 Å². The third kappa shape index (κ3) is 6.66. The molecule has 0 radical (unpaired) electrons. The molecule has 110 valence electrons. The Morgan fingerprint density at radius 3 is 1.78 bits per heavy atom. The van der Waals surface area contributed by atoms with Crippen LogP contribution in [-0.2, 0) is 0 Å². The van der Waals surface area contributed by atoms with Gasteiger partial charge in [0.1, 0.15) is 4.33 Å². The highest BCUT2D eigenvalue weighted by Gasteiger charge is 2.38. The highest BCUT2D eigenvalue weighted by molar-refractivity contribution is 6.48. The number of alkyl halides is 2. The number of hydrogen-bond acceptors (Lipinski definition) is 0. The molecule has 0 aromatic heterocycles. The predicted octanol–water partition coefficient (Wildman–Crippen LogP) is 6.84. The van der Waals surface area contributed by atoms with Crippen LogP contribution < -0.4 is 0 Å². The molecule has 0 rings (SSSR count). The van der Waals surface area contributed by atoms with Gasteiger partial charge in [-0.25, -0.2) is 0 Å². The van der Waals surface area contributed by atoms with E-state index >= 15 is 0 Å². The Balaban J connectivity index is 4.07. The van der Waals surface area contributed by atoms with Gasteiger partial charge in [-0.3, -0.25) is 0 Å². The average molecular weight is 295 g/mol. The van der Waals surface area contributed by atoms with Crippen LogP contribution in [0.3, 0.4) is 0 Å². The molecule has 0 spiro atoms. The SMILES string of the molecule is CCCCCCCCC(C(C)C)C(Cl)(Cl)C(C)C. The zero-order valence-electron chi connectivity index (χ0n) is 12.9. The van der Waals surface area contributed by atoms with Crippen LogP contribution in [0.2, 0.25) is 0 Å². The smallest absolute Gasteiger partial charge is 0.101 e. The standard InChI is InChI=1S/C16H32Cl2/c1-6-7-8-9-10-11-12-15(13(2)3)16(17,18)14(4)5/h13-15H,6-12H2,1-5H3. The summed E-state index contributed by atoms with van der Waals surface area (Å²) >= 11 is 13.1. The van der Waals surface area contributed by atoms with Crippen LogP contribution in [0.4, 0.5) is 0 Å². The molecule has 18 heavy (non-hydrogen) atoms. The van der Waals surface area contributed by atoms with E-state index in [0.29, 0.717) is 17.8 Å². The van der Waals surface area contributed by atoms with Gasteiger partial charge in [0.15, 0.2) is 0 Å². The molecule has 1 unspecified atom stereocenters. The monoisotopic (exact) mass is 294 g/mol. The molecule has 0 saturated heterocycles. The maximum Gasteiger partial charge on any atom is 0.123 e. The lowest BCUT2D eigenvalue weighted by Crippen LogP contribution is -2.35. The second-order valence-corrected chi connectivity index (χ2v) is 7.68. The minimum Gasteiger partial charge on any atom is -0.101 e. The Hall–Kier alpha value is 0.580. The zero-order chi connectivity index (χ0) is 14.2. The van der Waals surface area contributed by atoms with Gasteiger partial charge in [0.05, 0.1) is 0 Å². The highest BCUT2D eigenvalue weighted by atomic mass is 35.5. The number of unbranched alkanes of at least 4 members (excludes halogenated alkanes) is 5. The molecule has 0 heterocycles. The zero-order valence-corrected chi connectivity index (χ0v) is 14.4. The van der Waals surface area contributed by atoms with Crippen LogP contribution in [0.15, 0.2) is 0 Å². The molecule has 0 aliphatic rings. The third-order valence-corrected chi connectivity index (χ3v) is 5.37. The maximum atomic E-state index is 6.56. The van der Waals surface area contributed by atoms with Crippen molar-refractivity contribution in [3.8, 4) is 0 Å². The summed E-state index contributed by atoms with van der Waals surface area (Å²) in [6, 6.07) is 0. The molecule has 0 aliphatic heterocycles. The number of rotatable bonds is 10. The van der Waals surface area contributed by atoms with E-state index in [4.69, 9.17) is 23.2 Å². The van der Waals surface area contributed by atoms with Gasteiger partial charge in [0.2, 0.25) is 0 Å². The van der Waals surface area contributed by atoms with E-state index in [1.807, 2.05) is 0 Å². The van der Waals surface area contributed by atoms with Gasteiger partial charge < -0.3 is 0 Å². The van der Waals surface area contributed by atoms with Crippen LogP contribution in [-0.4, -0.2) is 4.33 Å². The van der Waals surface area contributed by atoms with E-state index in [0.717, 1.165) is 6.42 Å². The molecule has 0 aliphatic carbocycles. The first-order valence-electron chi connectivity index (χ1n) is 7.71. The lowest BCUT2D eigenvalue weighted by Gasteiger charge is -2.36.